The first kappa shape index (κ1) is 20.9. The lowest BCUT2D eigenvalue weighted by atomic mass is 10.1. The maximum atomic E-state index is 4.44. The second-order valence-electron chi connectivity index (χ2n) is 8.30. The Morgan fingerprint density at radius 2 is 1.79 bits per heavy atom. The van der Waals surface area contributed by atoms with Crippen molar-refractivity contribution in [2.75, 3.05) is 64.8 Å². The molecule has 2 aliphatic rings. The summed E-state index contributed by atoms with van der Waals surface area (Å²) in [5, 5.41) is 7.08. The van der Waals surface area contributed by atoms with Gasteiger partial charge in [-0.15, -0.1) is 0 Å². The molecule has 156 valence electrons. The fraction of sp³-hybridized carbons (Fsp3) is 0.682. The minimum Gasteiger partial charge on any atom is -0.372 e. The predicted octanol–water partition coefficient (Wildman–Crippen LogP) is 2.15. The number of nitrogens with one attached hydrogen (secondary N) is 2. The Kier molecular flexibility index (Phi) is 7.57. The van der Waals surface area contributed by atoms with Crippen LogP contribution in [-0.4, -0.2) is 81.7 Å². The van der Waals surface area contributed by atoms with Gasteiger partial charge in [0.15, 0.2) is 5.96 Å². The largest absolute Gasteiger partial charge is 0.372 e. The van der Waals surface area contributed by atoms with E-state index in [0.717, 1.165) is 38.7 Å². The van der Waals surface area contributed by atoms with E-state index < -0.39 is 0 Å². The third-order valence-electron chi connectivity index (χ3n) is 6.14. The highest BCUT2D eigenvalue weighted by molar-refractivity contribution is 5.80. The standard InChI is InChI=1S/C22H38N6/c1-18(27-14-12-26(4)13-15-27)17-24-22(23-3)25-19(2)20-8-7-9-21(16-20)28-10-5-6-11-28/h7-9,16,18-19H,5-6,10-15,17H2,1-4H3,(H2,23,24,25). The van der Waals surface area contributed by atoms with Crippen molar-refractivity contribution in [2.24, 2.45) is 4.99 Å². The van der Waals surface area contributed by atoms with E-state index in [-0.39, 0.29) is 6.04 Å². The Bertz CT molecular complexity index is 632. The van der Waals surface area contributed by atoms with Gasteiger partial charge in [0.25, 0.3) is 0 Å². The first-order valence-corrected chi connectivity index (χ1v) is 10.8. The lowest BCUT2D eigenvalue weighted by molar-refractivity contribution is 0.120. The summed E-state index contributed by atoms with van der Waals surface area (Å²) in [7, 11) is 4.05. The number of aliphatic imine (C=N–C) groups is 1. The second kappa shape index (κ2) is 10.1. The number of anilines is 1. The molecule has 2 fully saturated rings. The van der Waals surface area contributed by atoms with Gasteiger partial charge in [0.2, 0.25) is 0 Å². The molecule has 2 N–H and O–H groups in total. The van der Waals surface area contributed by atoms with E-state index in [9.17, 15) is 0 Å². The molecular weight excluding hydrogens is 348 g/mol. The molecule has 2 heterocycles. The molecule has 2 saturated heterocycles. The van der Waals surface area contributed by atoms with Gasteiger partial charge < -0.3 is 20.4 Å². The number of benzene rings is 1. The highest BCUT2D eigenvalue weighted by Crippen LogP contribution is 2.23. The lowest BCUT2D eigenvalue weighted by Gasteiger charge is -2.36. The molecule has 3 rings (SSSR count). The third-order valence-corrected chi connectivity index (χ3v) is 6.14. The van der Waals surface area contributed by atoms with E-state index in [0.29, 0.717) is 6.04 Å². The molecule has 6 heteroatoms. The highest BCUT2D eigenvalue weighted by atomic mass is 15.3. The van der Waals surface area contributed by atoms with E-state index in [1.54, 1.807) is 0 Å². The summed E-state index contributed by atoms with van der Waals surface area (Å²) >= 11 is 0. The van der Waals surface area contributed by atoms with Gasteiger partial charge in [-0.25, -0.2) is 0 Å². The molecule has 6 nitrogen and oxygen atoms in total. The van der Waals surface area contributed by atoms with E-state index in [1.165, 1.54) is 37.2 Å². The van der Waals surface area contributed by atoms with Crippen molar-refractivity contribution in [3.8, 4) is 0 Å². The van der Waals surface area contributed by atoms with Crippen LogP contribution in [0.1, 0.15) is 38.3 Å². The second-order valence-corrected chi connectivity index (χ2v) is 8.30. The van der Waals surface area contributed by atoms with E-state index in [2.05, 4.69) is 75.5 Å². The molecule has 0 radical (unpaired) electrons. The molecule has 0 aromatic heterocycles. The maximum Gasteiger partial charge on any atom is 0.191 e. The minimum atomic E-state index is 0.215. The minimum absolute atomic E-state index is 0.215. The number of piperazine rings is 1. The van der Waals surface area contributed by atoms with Crippen LogP contribution in [0.25, 0.3) is 0 Å². The fourth-order valence-corrected chi connectivity index (χ4v) is 4.09. The number of hydrogen-bond donors (Lipinski definition) is 2. The van der Waals surface area contributed by atoms with Crippen LogP contribution >= 0.6 is 0 Å². The summed E-state index contributed by atoms with van der Waals surface area (Å²) < 4.78 is 0. The monoisotopic (exact) mass is 386 g/mol. The van der Waals surface area contributed by atoms with Crippen LogP contribution in [0.15, 0.2) is 29.3 Å². The Morgan fingerprint density at radius 1 is 1.07 bits per heavy atom. The first-order chi connectivity index (χ1) is 13.6. The van der Waals surface area contributed by atoms with Gasteiger partial charge in [0.1, 0.15) is 0 Å². The normalized spacial score (nSPS) is 21.6. The summed E-state index contributed by atoms with van der Waals surface area (Å²) in [6, 6.07) is 9.65. The van der Waals surface area contributed by atoms with E-state index >= 15 is 0 Å². The molecule has 2 aliphatic heterocycles. The molecule has 0 saturated carbocycles. The van der Waals surface area contributed by atoms with Crippen molar-refractivity contribution < 1.29 is 0 Å². The number of rotatable bonds is 6. The first-order valence-electron chi connectivity index (χ1n) is 10.8. The fourth-order valence-electron chi connectivity index (χ4n) is 4.09. The lowest BCUT2D eigenvalue weighted by Crippen LogP contribution is -2.52. The Balaban J connectivity index is 1.50. The molecular formula is C22H38N6. The summed E-state index contributed by atoms with van der Waals surface area (Å²) in [5.74, 6) is 0.875. The van der Waals surface area contributed by atoms with Crippen molar-refractivity contribution in [2.45, 2.75) is 38.8 Å². The Morgan fingerprint density at radius 3 is 2.46 bits per heavy atom. The third kappa shape index (κ3) is 5.61. The molecule has 28 heavy (non-hydrogen) atoms. The molecule has 0 bridgehead atoms. The molecule has 1 aromatic carbocycles. The summed E-state index contributed by atoms with van der Waals surface area (Å²) in [5.41, 5.74) is 2.65. The zero-order chi connectivity index (χ0) is 19.9. The van der Waals surface area contributed by atoms with E-state index in [4.69, 9.17) is 0 Å². The van der Waals surface area contributed by atoms with Gasteiger partial charge >= 0.3 is 0 Å². The Labute approximate surface area is 171 Å². The van der Waals surface area contributed by atoms with Crippen molar-refractivity contribution in [3.63, 3.8) is 0 Å². The van der Waals surface area contributed by atoms with Gasteiger partial charge in [0.05, 0.1) is 6.04 Å². The van der Waals surface area contributed by atoms with Gasteiger partial charge in [0, 0.05) is 64.6 Å². The average Bonchev–Trinajstić information content (AvgIpc) is 3.26. The van der Waals surface area contributed by atoms with Crippen LogP contribution in [0.4, 0.5) is 5.69 Å². The van der Waals surface area contributed by atoms with Gasteiger partial charge in [-0.3, -0.25) is 9.89 Å². The topological polar surface area (TPSA) is 46.1 Å². The Hall–Kier alpha value is -1.79. The SMILES string of the molecule is CN=C(NCC(C)N1CCN(C)CC1)NC(C)c1cccc(N2CCCC2)c1. The average molecular weight is 387 g/mol. The molecule has 1 aromatic rings. The quantitative estimate of drug-likeness (QED) is 0.579. The zero-order valence-electron chi connectivity index (χ0n) is 18.1. The molecule has 2 atom stereocenters. The van der Waals surface area contributed by atoms with Crippen LogP contribution in [0.5, 0.6) is 0 Å². The van der Waals surface area contributed by atoms with Crippen LogP contribution in [0.3, 0.4) is 0 Å². The van der Waals surface area contributed by atoms with Crippen LogP contribution in [0, 0.1) is 0 Å². The number of guanidine groups is 1. The maximum absolute atomic E-state index is 4.44. The van der Waals surface area contributed by atoms with Crippen LogP contribution < -0.4 is 15.5 Å². The predicted molar refractivity (Wildman–Crippen MR) is 119 cm³/mol. The number of nitrogens with zero attached hydrogens (tertiary/aromatic N) is 4. The van der Waals surface area contributed by atoms with Gasteiger partial charge in [-0.1, -0.05) is 12.1 Å². The molecule has 0 amide bonds. The van der Waals surface area contributed by atoms with Crippen molar-refractivity contribution in [1.82, 2.24) is 20.4 Å². The molecule has 0 aliphatic carbocycles. The van der Waals surface area contributed by atoms with Crippen LogP contribution in [-0.2, 0) is 0 Å². The van der Waals surface area contributed by atoms with Crippen molar-refractivity contribution in [3.05, 3.63) is 29.8 Å². The zero-order valence-corrected chi connectivity index (χ0v) is 18.1. The summed E-state index contributed by atoms with van der Waals surface area (Å²) in [6.45, 7) is 12.4. The summed E-state index contributed by atoms with van der Waals surface area (Å²) in [4.78, 5) is 11.9. The van der Waals surface area contributed by atoms with Crippen molar-refractivity contribution >= 4 is 11.6 Å². The smallest absolute Gasteiger partial charge is 0.191 e. The number of likely N-dealkylation sites (N-methyl/N-ethyl adjacent to an activating group) is 1. The molecule has 0 spiro atoms. The highest BCUT2D eigenvalue weighted by Gasteiger charge is 2.19. The van der Waals surface area contributed by atoms with E-state index in [1.807, 2.05) is 7.05 Å². The van der Waals surface area contributed by atoms with Crippen LogP contribution in [0.2, 0.25) is 0 Å². The van der Waals surface area contributed by atoms with Gasteiger partial charge in [-0.2, -0.15) is 0 Å². The van der Waals surface area contributed by atoms with Crippen molar-refractivity contribution in [1.29, 1.82) is 0 Å². The van der Waals surface area contributed by atoms with Gasteiger partial charge in [-0.05, 0) is 51.4 Å². The molecule has 2 unspecified atom stereocenters. The number of hydrogen-bond acceptors (Lipinski definition) is 4. The summed E-state index contributed by atoms with van der Waals surface area (Å²) in [6.07, 6.45) is 2.61.